The van der Waals surface area contributed by atoms with E-state index in [1.165, 1.54) is 4.90 Å². The third-order valence-electron chi connectivity index (χ3n) is 2.79. The summed E-state index contributed by atoms with van der Waals surface area (Å²) in [5.41, 5.74) is 0. The number of nitrogens with zero attached hydrogens (tertiary/aromatic N) is 1. The molecule has 0 radical (unpaired) electrons. The lowest BCUT2D eigenvalue weighted by atomic mass is 9.94. The van der Waals surface area contributed by atoms with Crippen LogP contribution in [0.25, 0.3) is 0 Å². The molecule has 0 heterocycles. The zero-order valence-electron chi connectivity index (χ0n) is 9.22. The van der Waals surface area contributed by atoms with Crippen molar-refractivity contribution in [1.82, 2.24) is 4.90 Å². The molecule has 0 bridgehead atoms. The maximum atomic E-state index is 11.9. The summed E-state index contributed by atoms with van der Waals surface area (Å²) in [6.07, 6.45) is -1.63. The molecule has 16 heavy (non-hydrogen) atoms. The van der Waals surface area contributed by atoms with Gasteiger partial charge in [0.25, 0.3) is 0 Å². The second-order valence-electron chi connectivity index (χ2n) is 3.89. The molecular formula is C10H16F3NO2. The summed E-state index contributed by atoms with van der Waals surface area (Å²) in [5, 5.41) is 0. The number of carbonyl (C=O) groups excluding carboxylic acids is 1. The highest BCUT2D eigenvalue weighted by Gasteiger charge is 2.37. The highest BCUT2D eigenvalue weighted by Crippen LogP contribution is 2.25. The first kappa shape index (κ1) is 13.1. The Kier molecular flexibility index (Phi) is 4.44. The molecule has 1 fully saturated rings. The van der Waals surface area contributed by atoms with Gasteiger partial charge in [-0.1, -0.05) is 19.3 Å². The standard InChI is InChI=1S/C10H16F3NO2/c1-2-14(8-6-4-3-5-7-8)9(15)16-10(11,12)13/h8H,2-7H2,1H3. The molecule has 0 atom stereocenters. The zero-order chi connectivity index (χ0) is 12.2. The highest BCUT2D eigenvalue weighted by atomic mass is 19.4. The van der Waals surface area contributed by atoms with Crippen molar-refractivity contribution in [3.05, 3.63) is 0 Å². The fourth-order valence-corrected chi connectivity index (χ4v) is 2.09. The van der Waals surface area contributed by atoms with E-state index >= 15 is 0 Å². The molecule has 0 unspecified atom stereocenters. The van der Waals surface area contributed by atoms with E-state index in [2.05, 4.69) is 4.74 Å². The molecule has 0 aromatic carbocycles. The largest absolute Gasteiger partial charge is 0.576 e. The van der Waals surface area contributed by atoms with Gasteiger partial charge in [-0.25, -0.2) is 4.79 Å². The van der Waals surface area contributed by atoms with Crippen LogP contribution in [-0.2, 0) is 4.74 Å². The number of hydrogen-bond donors (Lipinski definition) is 0. The molecule has 0 N–H and O–H groups in total. The summed E-state index contributed by atoms with van der Waals surface area (Å²) in [7, 11) is 0. The lowest BCUT2D eigenvalue weighted by Crippen LogP contribution is -2.43. The van der Waals surface area contributed by atoms with Gasteiger partial charge in [-0.15, -0.1) is 13.2 Å². The van der Waals surface area contributed by atoms with Crippen LogP contribution in [0.3, 0.4) is 0 Å². The SMILES string of the molecule is CCN(C(=O)OC(F)(F)F)C1CCCCC1. The smallest absolute Gasteiger partial charge is 0.356 e. The molecule has 1 amide bonds. The minimum atomic E-state index is -4.89. The maximum Gasteiger partial charge on any atom is 0.576 e. The van der Waals surface area contributed by atoms with Crippen LogP contribution < -0.4 is 0 Å². The van der Waals surface area contributed by atoms with Crippen LogP contribution in [0.2, 0.25) is 0 Å². The Morgan fingerprint density at radius 2 is 1.88 bits per heavy atom. The lowest BCUT2D eigenvalue weighted by Gasteiger charge is -2.32. The fourth-order valence-electron chi connectivity index (χ4n) is 2.09. The van der Waals surface area contributed by atoms with Gasteiger partial charge in [0.2, 0.25) is 0 Å². The summed E-state index contributed by atoms with van der Waals surface area (Å²) in [4.78, 5) is 12.4. The molecule has 0 spiro atoms. The maximum absolute atomic E-state index is 11.9. The second kappa shape index (κ2) is 5.41. The highest BCUT2D eigenvalue weighted by molar-refractivity contribution is 5.68. The number of amides is 1. The van der Waals surface area contributed by atoms with Crippen LogP contribution in [0.4, 0.5) is 18.0 Å². The van der Waals surface area contributed by atoms with E-state index in [-0.39, 0.29) is 12.6 Å². The normalized spacial score (nSPS) is 18.2. The number of carbonyl (C=O) groups is 1. The van der Waals surface area contributed by atoms with E-state index in [0.29, 0.717) is 0 Å². The van der Waals surface area contributed by atoms with E-state index in [9.17, 15) is 18.0 Å². The number of ether oxygens (including phenoxy) is 1. The van der Waals surface area contributed by atoms with Gasteiger partial charge in [0.15, 0.2) is 0 Å². The Labute approximate surface area is 92.5 Å². The summed E-state index contributed by atoms with van der Waals surface area (Å²) in [5.74, 6) is 0. The molecule has 1 aliphatic rings. The number of rotatable bonds is 2. The average Bonchev–Trinajstić information content (AvgIpc) is 2.17. The van der Waals surface area contributed by atoms with Crippen molar-refractivity contribution < 1.29 is 22.7 Å². The van der Waals surface area contributed by atoms with Gasteiger partial charge in [0.1, 0.15) is 0 Å². The Hall–Kier alpha value is -0.940. The van der Waals surface area contributed by atoms with E-state index in [1.54, 1.807) is 6.92 Å². The predicted octanol–water partition coefficient (Wildman–Crippen LogP) is 3.30. The van der Waals surface area contributed by atoms with Crippen molar-refractivity contribution in [2.75, 3.05) is 6.54 Å². The zero-order valence-corrected chi connectivity index (χ0v) is 9.22. The molecule has 1 rings (SSSR count). The van der Waals surface area contributed by atoms with Gasteiger partial charge in [0, 0.05) is 12.6 Å². The van der Waals surface area contributed by atoms with Crippen molar-refractivity contribution in [1.29, 1.82) is 0 Å². The van der Waals surface area contributed by atoms with Crippen molar-refractivity contribution in [2.24, 2.45) is 0 Å². The average molecular weight is 239 g/mol. The second-order valence-corrected chi connectivity index (χ2v) is 3.89. The third kappa shape index (κ3) is 3.90. The van der Waals surface area contributed by atoms with Crippen molar-refractivity contribution in [3.8, 4) is 0 Å². The van der Waals surface area contributed by atoms with Gasteiger partial charge >= 0.3 is 12.5 Å². The first-order valence-electron chi connectivity index (χ1n) is 5.50. The molecule has 6 heteroatoms. The van der Waals surface area contributed by atoms with Gasteiger partial charge in [0.05, 0.1) is 0 Å². The van der Waals surface area contributed by atoms with Crippen LogP contribution in [0, 0.1) is 0 Å². The summed E-state index contributed by atoms with van der Waals surface area (Å²) >= 11 is 0. The molecule has 0 aromatic heterocycles. The van der Waals surface area contributed by atoms with E-state index in [0.717, 1.165) is 32.1 Å². The first-order valence-corrected chi connectivity index (χ1v) is 5.50. The minimum Gasteiger partial charge on any atom is -0.356 e. The molecule has 0 saturated heterocycles. The Bertz CT molecular complexity index is 237. The summed E-state index contributed by atoms with van der Waals surface area (Å²) < 4.78 is 39.1. The quantitative estimate of drug-likeness (QED) is 0.740. The van der Waals surface area contributed by atoms with Gasteiger partial charge < -0.3 is 9.64 Å². The van der Waals surface area contributed by atoms with E-state index in [4.69, 9.17) is 0 Å². The Balaban J connectivity index is 2.55. The summed E-state index contributed by atoms with van der Waals surface area (Å²) in [6.45, 7) is 1.91. The van der Waals surface area contributed by atoms with Crippen molar-refractivity contribution >= 4 is 6.09 Å². The van der Waals surface area contributed by atoms with Crippen LogP contribution >= 0.6 is 0 Å². The molecule has 3 nitrogen and oxygen atoms in total. The van der Waals surface area contributed by atoms with Crippen molar-refractivity contribution in [2.45, 2.75) is 51.4 Å². The molecule has 1 aliphatic carbocycles. The monoisotopic (exact) mass is 239 g/mol. The predicted molar refractivity (Wildman–Crippen MR) is 51.8 cm³/mol. The van der Waals surface area contributed by atoms with E-state index < -0.39 is 12.5 Å². The van der Waals surface area contributed by atoms with Gasteiger partial charge in [-0.3, -0.25) is 0 Å². The number of alkyl halides is 3. The van der Waals surface area contributed by atoms with Gasteiger partial charge in [-0.05, 0) is 19.8 Å². The lowest BCUT2D eigenvalue weighted by molar-refractivity contribution is -0.295. The van der Waals surface area contributed by atoms with Crippen LogP contribution in [-0.4, -0.2) is 29.9 Å². The first-order chi connectivity index (χ1) is 7.44. The van der Waals surface area contributed by atoms with Crippen LogP contribution in [0.1, 0.15) is 39.0 Å². The molecule has 0 aromatic rings. The summed E-state index contributed by atoms with van der Waals surface area (Å²) in [6, 6.07) is -0.103. The fraction of sp³-hybridized carbons (Fsp3) is 0.900. The van der Waals surface area contributed by atoms with Gasteiger partial charge in [-0.2, -0.15) is 0 Å². The Morgan fingerprint density at radius 3 is 2.31 bits per heavy atom. The molecule has 0 aliphatic heterocycles. The number of hydrogen-bond acceptors (Lipinski definition) is 2. The minimum absolute atomic E-state index is 0.103. The van der Waals surface area contributed by atoms with Crippen molar-refractivity contribution in [3.63, 3.8) is 0 Å². The van der Waals surface area contributed by atoms with E-state index in [1.807, 2.05) is 0 Å². The molecular weight excluding hydrogens is 223 g/mol. The molecule has 94 valence electrons. The molecule has 1 saturated carbocycles. The Morgan fingerprint density at radius 1 is 1.31 bits per heavy atom. The topological polar surface area (TPSA) is 29.5 Å². The van der Waals surface area contributed by atoms with Crippen LogP contribution in [0.5, 0.6) is 0 Å². The third-order valence-corrected chi connectivity index (χ3v) is 2.79. The van der Waals surface area contributed by atoms with Crippen LogP contribution in [0.15, 0.2) is 0 Å². The number of halogens is 3.